The molecular weight excluding hydrogens is 278 g/mol. The van der Waals surface area contributed by atoms with Crippen LogP contribution in [0, 0.1) is 0 Å². The summed E-state index contributed by atoms with van der Waals surface area (Å²) in [4.78, 5) is 26.6. The number of imidazole rings is 1. The zero-order valence-corrected chi connectivity index (χ0v) is 11.8. The van der Waals surface area contributed by atoms with Crippen LogP contribution in [-0.2, 0) is 13.6 Å². The molecule has 0 radical (unpaired) electrons. The molecule has 1 amide bonds. The molecule has 1 aliphatic rings. The van der Waals surface area contributed by atoms with Crippen LogP contribution in [0.1, 0.15) is 29.2 Å². The van der Waals surface area contributed by atoms with Gasteiger partial charge in [-0.15, -0.1) is 0 Å². The molecule has 3 rings (SSSR count). The summed E-state index contributed by atoms with van der Waals surface area (Å²) in [5.74, 6) is 0.729. The van der Waals surface area contributed by atoms with Crippen molar-refractivity contribution in [2.75, 3.05) is 0 Å². The number of rotatable bonds is 4. The van der Waals surface area contributed by atoms with Crippen LogP contribution in [0.5, 0.6) is 0 Å². The third kappa shape index (κ3) is 2.65. The van der Waals surface area contributed by atoms with Crippen molar-refractivity contribution in [1.29, 1.82) is 0 Å². The summed E-state index contributed by atoms with van der Waals surface area (Å²) in [6.45, 7) is 0.483. The first-order chi connectivity index (χ1) is 9.65. The summed E-state index contributed by atoms with van der Waals surface area (Å²) in [6.07, 6.45) is 8.45. The second-order valence-electron chi connectivity index (χ2n) is 4.84. The van der Waals surface area contributed by atoms with Crippen LogP contribution >= 0.6 is 11.6 Å². The number of carbonyl (C=O) groups excluding carboxylic acids is 1. The van der Waals surface area contributed by atoms with Gasteiger partial charge in [-0.25, -0.2) is 15.0 Å². The molecule has 0 atom stereocenters. The summed E-state index contributed by atoms with van der Waals surface area (Å²) >= 11 is 5.69. The van der Waals surface area contributed by atoms with Gasteiger partial charge >= 0.3 is 0 Å². The highest BCUT2D eigenvalue weighted by atomic mass is 35.5. The SMILES string of the molecule is Cn1ccnc1CN(C(=O)c1cnc(Cl)cn1)C1CC1. The number of halogens is 1. The molecule has 2 heterocycles. The molecule has 0 aromatic carbocycles. The van der Waals surface area contributed by atoms with Gasteiger partial charge in [0.2, 0.25) is 0 Å². The highest BCUT2D eigenvalue weighted by molar-refractivity contribution is 6.29. The molecule has 7 heteroatoms. The zero-order chi connectivity index (χ0) is 14.1. The van der Waals surface area contributed by atoms with Crippen LogP contribution in [0.15, 0.2) is 24.8 Å². The van der Waals surface area contributed by atoms with Crippen LogP contribution < -0.4 is 0 Å². The van der Waals surface area contributed by atoms with Gasteiger partial charge in [-0.1, -0.05) is 11.6 Å². The molecule has 0 aliphatic heterocycles. The van der Waals surface area contributed by atoms with Crippen molar-refractivity contribution in [2.24, 2.45) is 7.05 Å². The molecule has 0 unspecified atom stereocenters. The standard InChI is InChI=1S/C13H14ClN5O/c1-18-5-4-15-12(18)8-19(9-2-3-9)13(20)10-6-17-11(14)7-16-10/h4-7,9H,2-3,8H2,1H3. The van der Waals surface area contributed by atoms with Gasteiger partial charge in [0.15, 0.2) is 0 Å². The zero-order valence-electron chi connectivity index (χ0n) is 11.0. The quantitative estimate of drug-likeness (QED) is 0.859. The molecule has 0 saturated heterocycles. The van der Waals surface area contributed by atoms with E-state index < -0.39 is 0 Å². The van der Waals surface area contributed by atoms with Crippen molar-refractivity contribution < 1.29 is 4.79 Å². The lowest BCUT2D eigenvalue weighted by Crippen LogP contribution is -2.34. The van der Waals surface area contributed by atoms with E-state index in [0.29, 0.717) is 12.2 Å². The van der Waals surface area contributed by atoms with Crippen molar-refractivity contribution >= 4 is 17.5 Å². The Balaban J connectivity index is 1.82. The van der Waals surface area contributed by atoms with Crippen LogP contribution in [0.4, 0.5) is 0 Å². The second kappa shape index (κ2) is 5.20. The van der Waals surface area contributed by atoms with Crippen molar-refractivity contribution in [3.8, 4) is 0 Å². The van der Waals surface area contributed by atoms with Gasteiger partial charge in [-0.2, -0.15) is 0 Å². The molecule has 104 valence electrons. The Labute approximate surface area is 121 Å². The Morgan fingerprint density at radius 3 is 2.75 bits per heavy atom. The number of nitrogens with zero attached hydrogens (tertiary/aromatic N) is 5. The lowest BCUT2D eigenvalue weighted by Gasteiger charge is -2.21. The van der Waals surface area contributed by atoms with Gasteiger partial charge in [-0.3, -0.25) is 4.79 Å². The predicted octanol–water partition coefficient (Wildman–Crippen LogP) is 1.67. The van der Waals surface area contributed by atoms with E-state index in [0.717, 1.165) is 18.7 Å². The first kappa shape index (κ1) is 13.1. The molecule has 1 aliphatic carbocycles. The highest BCUT2D eigenvalue weighted by Crippen LogP contribution is 2.29. The molecule has 2 aromatic rings. The fourth-order valence-electron chi connectivity index (χ4n) is 2.02. The molecule has 0 N–H and O–H groups in total. The molecule has 20 heavy (non-hydrogen) atoms. The lowest BCUT2D eigenvalue weighted by atomic mass is 10.3. The summed E-state index contributed by atoms with van der Waals surface area (Å²) in [7, 11) is 1.92. The summed E-state index contributed by atoms with van der Waals surface area (Å²) in [5.41, 5.74) is 0.315. The Kier molecular flexibility index (Phi) is 3.40. The van der Waals surface area contributed by atoms with E-state index in [1.54, 1.807) is 11.1 Å². The molecule has 6 nitrogen and oxygen atoms in total. The van der Waals surface area contributed by atoms with E-state index >= 15 is 0 Å². The van der Waals surface area contributed by atoms with E-state index in [9.17, 15) is 4.79 Å². The first-order valence-electron chi connectivity index (χ1n) is 6.40. The topological polar surface area (TPSA) is 63.9 Å². The molecule has 0 bridgehead atoms. The minimum atomic E-state index is -0.125. The van der Waals surface area contributed by atoms with Crippen molar-refractivity contribution in [3.63, 3.8) is 0 Å². The second-order valence-corrected chi connectivity index (χ2v) is 5.23. The molecule has 1 saturated carbocycles. The first-order valence-corrected chi connectivity index (χ1v) is 6.77. The Morgan fingerprint density at radius 2 is 2.20 bits per heavy atom. The smallest absolute Gasteiger partial charge is 0.274 e. The maximum absolute atomic E-state index is 12.5. The highest BCUT2D eigenvalue weighted by Gasteiger charge is 2.34. The van der Waals surface area contributed by atoms with E-state index in [1.807, 2.05) is 17.8 Å². The van der Waals surface area contributed by atoms with Gasteiger partial charge < -0.3 is 9.47 Å². The van der Waals surface area contributed by atoms with Crippen LogP contribution in [-0.4, -0.2) is 36.4 Å². The Bertz CT molecular complexity index is 620. The summed E-state index contributed by atoms with van der Waals surface area (Å²) in [5, 5.41) is 0.281. The van der Waals surface area contributed by atoms with E-state index in [-0.39, 0.29) is 17.1 Å². The average molecular weight is 292 g/mol. The minimum absolute atomic E-state index is 0.125. The number of hydrogen-bond acceptors (Lipinski definition) is 4. The normalized spacial score (nSPS) is 14.3. The largest absolute Gasteiger partial charge is 0.337 e. The number of aromatic nitrogens is 4. The van der Waals surface area contributed by atoms with Gasteiger partial charge in [0.1, 0.15) is 16.7 Å². The van der Waals surface area contributed by atoms with Crippen LogP contribution in [0.25, 0.3) is 0 Å². The van der Waals surface area contributed by atoms with Crippen LogP contribution in [0.3, 0.4) is 0 Å². The van der Waals surface area contributed by atoms with Gasteiger partial charge in [0.05, 0.1) is 18.9 Å². The fourth-order valence-corrected chi connectivity index (χ4v) is 2.12. The molecule has 0 spiro atoms. The number of amides is 1. The predicted molar refractivity (Wildman–Crippen MR) is 73.1 cm³/mol. The number of hydrogen-bond donors (Lipinski definition) is 0. The fraction of sp³-hybridized carbons (Fsp3) is 0.385. The van der Waals surface area contributed by atoms with Gasteiger partial charge in [-0.05, 0) is 12.8 Å². The van der Waals surface area contributed by atoms with E-state index in [4.69, 9.17) is 11.6 Å². The van der Waals surface area contributed by atoms with E-state index in [2.05, 4.69) is 15.0 Å². The maximum Gasteiger partial charge on any atom is 0.274 e. The third-order valence-electron chi connectivity index (χ3n) is 3.32. The van der Waals surface area contributed by atoms with Gasteiger partial charge in [0, 0.05) is 25.5 Å². The van der Waals surface area contributed by atoms with Crippen molar-refractivity contribution in [3.05, 3.63) is 41.5 Å². The monoisotopic (exact) mass is 291 g/mol. The van der Waals surface area contributed by atoms with Crippen molar-refractivity contribution in [1.82, 2.24) is 24.4 Å². The molecule has 2 aromatic heterocycles. The lowest BCUT2D eigenvalue weighted by molar-refractivity contribution is 0.0717. The molecule has 1 fully saturated rings. The Morgan fingerprint density at radius 1 is 1.40 bits per heavy atom. The van der Waals surface area contributed by atoms with Gasteiger partial charge in [0.25, 0.3) is 5.91 Å². The number of carbonyl (C=O) groups is 1. The number of aryl methyl sites for hydroxylation is 1. The summed E-state index contributed by atoms with van der Waals surface area (Å²) < 4.78 is 1.91. The van der Waals surface area contributed by atoms with Crippen molar-refractivity contribution in [2.45, 2.75) is 25.4 Å². The minimum Gasteiger partial charge on any atom is -0.337 e. The maximum atomic E-state index is 12.5. The summed E-state index contributed by atoms with van der Waals surface area (Å²) in [6, 6.07) is 0.275. The van der Waals surface area contributed by atoms with E-state index in [1.165, 1.54) is 12.4 Å². The Hall–Kier alpha value is -1.95. The average Bonchev–Trinajstić information content (AvgIpc) is 3.20. The molecular formula is C13H14ClN5O. The van der Waals surface area contributed by atoms with Crippen LogP contribution in [0.2, 0.25) is 5.15 Å². The third-order valence-corrected chi connectivity index (χ3v) is 3.52.